The molecule has 1 fully saturated rings. The number of hydrogen-bond acceptors (Lipinski definition) is 3. The number of thioether (sulfide) groups is 1. The zero-order valence-electron chi connectivity index (χ0n) is 18.4. The lowest BCUT2D eigenvalue weighted by atomic mass is 10.1. The molecule has 1 atom stereocenters. The van der Waals surface area contributed by atoms with Crippen molar-refractivity contribution in [1.82, 2.24) is 15.5 Å². The SMILES string of the molecule is CCNC(=NCC1CC(=O)N(CCc2ccccc2)C1)NCCCSc1ccccc1. The van der Waals surface area contributed by atoms with Crippen molar-refractivity contribution in [1.29, 1.82) is 0 Å². The smallest absolute Gasteiger partial charge is 0.223 e. The van der Waals surface area contributed by atoms with Crippen molar-refractivity contribution in [3.63, 3.8) is 0 Å². The zero-order valence-corrected chi connectivity index (χ0v) is 19.2. The van der Waals surface area contributed by atoms with E-state index in [2.05, 4.69) is 54.0 Å². The molecule has 0 bridgehead atoms. The minimum absolute atomic E-state index is 0.257. The number of hydrogen-bond donors (Lipinski definition) is 2. The van der Waals surface area contributed by atoms with Crippen molar-refractivity contribution in [2.75, 3.05) is 38.5 Å². The van der Waals surface area contributed by atoms with Gasteiger partial charge in [-0.3, -0.25) is 9.79 Å². The lowest BCUT2D eigenvalue weighted by Crippen LogP contribution is -2.38. The average molecular weight is 439 g/mol. The molecule has 2 N–H and O–H groups in total. The summed E-state index contributed by atoms with van der Waals surface area (Å²) in [4.78, 5) is 20.4. The average Bonchev–Trinajstić information content (AvgIpc) is 3.16. The first-order chi connectivity index (χ1) is 15.2. The third-order valence-electron chi connectivity index (χ3n) is 5.29. The van der Waals surface area contributed by atoms with Crippen LogP contribution >= 0.6 is 11.8 Å². The summed E-state index contributed by atoms with van der Waals surface area (Å²) in [5.41, 5.74) is 1.28. The third-order valence-corrected chi connectivity index (χ3v) is 6.38. The molecule has 1 aliphatic rings. The van der Waals surface area contributed by atoms with Crippen LogP contribution in [0.2, 0.25) is 0 Å². The summed E-state index contributed by atoms with van der Waals surface area (Å²) in [5.74, 6) is 2.48. The lowest BCUT2D eigenvalue weighted by Gasteiger charge is -2.16. The van der Waals surface area contributed by atoms with Gasteiger partial charge in [-0.1, -0.05) is 48.5 Å². The number of carbonyl (C=O) groups excluding carboxylic acids is 1. The standard InChI is InChI=1S/C25H34N4OS/c1-2-26-25(27-15-9-17-31-23-12-7-4-8-13-23)28-19-22-18-24(30)29(20-22)16-14-21-10-5-3-6-11-21/h3-8,10-13,22H,2,9,14-20H2,1H3,(H2,26,27,28). The van der Waals surface area contributed by atoms with E-state index in [1.54, 1.807) is 0 Å². The largest absolute Gasteiger partial charge is 0.357 e. The summed E-state index contributed by atoms with van der Waals surface area (Å²) in [7, 11) is 0. The number of nitrogens with one attached hydrogen (secondary N) is 2. The van der Waals surface area contributed by atoms with E-state index in [-0.39, 0.29) is 5.91 Å². The van der Waals surface area contributed by atoms with Crippen LogP contribution in [0.25, 0.3) is 0 Å². The van der Waals surface area contributed by atoms with Gasteiger partial charge in [-0.25, -0.2) is 0 Å². The Morgan fingerprint density at radius 3 is 2.58 bits per heavy atom. The van der Waals surface area contributed by atoms with Crippen molar-refractivity contribution in [2.24, 2.45) is 10.9 Å². The molecule has 0 aromatic heterocycles. The van der Waals surface area contributed by atoms with Crippen LogP contribution in [0.4, 0.5) is 0 Å². The van der Waals surface area contributed by atoms with E-state index in [0.29, 0.717) is 18.9 Å². The highest BCUT2D eigenvalue weighted by atomic mass is 32.2. The molecule has 6 heteroatoms. The van der Waals surface area contributed by atoms with Gasteiger partial charge in [-0.2, -0.15) is 0 Å². The van der Waals surface area contributed by atoms with E-state index >= 15 is 0 Å². The molecule has 31 heavy (non-hydrogen) atoms. The fourth-order valence-corrected chi connectivity index (χ4v) is 4.52. The van der Waals surface area contributed by atoms with Crippen LogP contribution in [-0.4, -0.2) is 55.2 Å². The highest BCUT2D eigenvalue weighted by Crippen LogP contribution is 2.19. The van der Waals surface area contributed by atoms with E-state index in [9.17, 15) is 4.79 Å². The molecule has 1 unspecified atom stereocenters. The van der Waals surface area contributed by atoms with Gasteiger partial charge >= 0.3 is 0 Å². The van der Waals surface area contributed by atoms with E-state index in [1.807, 2.05) is 40.9 Å². The van der Waals surface area contributed by atoms with Crippen LogP contribution in [0.3, 0.4) is 0 Å². The van der Waals surface area contributed by atoms with Crippen LogP contribution in [0.5, 0.6) is 0 Å². The fraction of sp³-hybridized carbons (Fsp3) is 0.440. The van der Waals surface area contributed by atoms with Gasteiger partial charge in [0.1, 0.15) is 0 Å². The van der Waals surface area contributed by atoms with Crippen molar-refractivity contribution >= 4 is 23.6 Å². The molecule has 1 heterocycles. The number of benzene rings is 2. The minimum Gasteiger partial charge on any atom is -0.357 e. The predicted molar refractivity (Wildman–Crippen MR) is 131 cm³/mol. The second kappa shape index (κ2) is 13.1. The Labute approximate surface area is 190 Å². The Bertz CT molecular complexity index is 813. The zero-order chi connectivity index (χ0) is 21.7. The van der Waals surface area contributed by atoms with Crippen molar-refractivity contribution in [2.45, 2.75) is 31.1 Å². The van der Waals surface area contributed by atoms with E-state index in [0.717, 1.165) is 50.7 Å². The molecule has 3 rings (SSSR count). The number of amides is 1. The van der Waals surface area contributed by atoms with Gasteiger partial charge in [0.25, 0.3) is 0 Å². The van der Waals surface area contributed by atoms with Gasteiger partial charge in [-0.05, 0) is 43.2 Å². The maximum Gasteiger partial charge on any atom is 0.223 e. The summed E-state index contributed by atoms with van der Waals surface area (Å²) >= 11 is 1.88. The second-order valence-corrected chi connectivity index (χ2v) is 8.98. The molecular weight excluding hydrogens is 404 g/mol. The van der Waals surface area contributed by atoms with Gasteiger partial charge in [0, 0.05) is 50.0 Å². The monoisotopic (exact) mass is 438 g/mol. The van der Waals surface area contributed by atoms with Gasteiger partial charge in [0.05, 0.1) is 0 Å². The van der Waals surface area contributed by atoms with Gasteiger partial charge in [0.2, 0.25) is 5.91 Å². The van der Waals surface area contributed by atoms with Gasteiger partial charge in [0.15, 0.2) is 5.96 Å². The molecule has 1 amide bonds. The summed E-state index contributed by atoms with van der Waals surface area (Å²) < 4.78 is 0. The Hall–Kier alpha value is -2.47. The quantitative estimate of drug-likeness (QED) is 0.242. The number of guanidine groups is 1. The molecule has 0 aliphatic carbocycles. The van der Waals surface area contributed by atoms with Crippen LogP contribution in [-0.2, 0) is 11.2 Å². The van der Waals surface area contributed by atoms with Crippen LogP contribution < -0.4 is 10.6 Å². The number of aliphatic imine (C=N–C) groups is 1. The molecule has 0 spiro atoms. The molecule has 1 saturated heterocycles. The number of rotatable bonds is 11. The highest BCUT2D eigenvalue weighted by Gasteiger charge is 2.28. The summed E-state index contributed by atoms with van der Waals surface area (Å²) in [6.07, 6.45) is 2.58. The van der Waals surface area contributed by atoms with Crippen molar-refractivity contribution < 1.29 is 4.79 Å². The lowest BCUT2D eigenvalue weighted by molar-refractivity contribution is -0.127. The second-order valence-electron chi connectivity index (χ2n) is 7.81. The van der Waals surface area contributed by atoms with E-state index in [1.165, 1.54) is 10.5 Å². The third kappa shape index (κ3) is 8.29. The summed E-state index contributed by atoms with van der Waals surface area (Å²) in [6, 6.07) is 20.9. The Balaban J connectivity index is 1.37. The predicted octanol–water partition coefficient (Wildman–Crippen LogP) is 3.82. The number of nitrogens with zero attached hydrogens (tertiary/aromatic N) is 2. The molecule has 1 aliphatic heterocycles. The molecule has 0 saturated carbocycles. The summed E-state index contributed by atoms with van der Waals surface area (Å²) in [5, 5.41) is 6.74. The van der Waals surface area contributed by atoms with Crippen LogP contribution in [0, 0.1) is 5.92 Å². The molecule has 166 valence electrons. The van der Waals surface area contributed by atoms with E-state index in [4.69, 9.17) is 4.99 Å². The molecule has 5 nitrogen and oxygen atoms in total. The maximum atomic E-state index is 12.4. The molecule has 2 aromatic rings. The molecular formula is C25H34N4OS. The Morgan fingerprint density at radius 1 is 1.10 bits per heavy atom. The molecule has 0 radical (unpaired) electrons. The highest BCUT2D eigenvalue weighted by molar-refractivity contribution is 7.99. The number of carbonyl (C=O) groups is 1. The van der Waals surface area contributed by atoms with Crippen LogP contribution in [0.15, 0.2) is 70.6 Å². The minimum atomic E-state index is 0.257. The first kappa shape index (κ1) is 23.2. The van der Waals surface area contributed by atoms with Gasteiger partial charge < -0.3 is 15.5 Å². The van der Waals surface area contributed by atoms with Crippen molar-refractivity contribution in [3.8, 4) is 0 Å². The summed E-state index contributed by atoms with van der Waals surface area (Å²) in [6.45, 7) is 6.08. The fourth-order valence-electron chi connectivity index (χ4n) is 3.65. The van der Waals surface area contributed by atoms with Crippen molar-refractivity contribution in [3.05, 3.63) is 66.2 Å². The van der Waals surface area contributed by atoms with Gasteiger partial charge in [-0.15, -0.1) is 11.8 Å². The normalized spacial score (nSPS) is 16.5. The maximum absolute atomic E-state index is 12.4. The Kier molecular flexibility index (Phi) is 9.77. The van der Waals surface area contributed by atoms with Crippen LogP contribution in [0.1, 0.15) is 25.3 Å². The topological polar surface area (TPSA) is 56.7 Å². The first-order valence-corrected chi connectivity index (χ1v) is 12.2. The number of likely N-dealkylation sites (tertiary alicyclic amines) is 1. The molecule has 2 aromatic carbocycles. The Morgan fingerprint density at radius 2 is 1.84 bits per heavy atom. The van der Waals surface area contributed by atoms with E-state index < -0.39 is 0 Å². The first-order valence-electron chi connectivity index (χ1n) is 11.3.